The van der Waals surface area contributed by atoms with Crippen LogP contribution in [0.1, 0.15) is 50.7 Å². The summed E-state index contributed by atoms with van der Waals surface area (Å²) in [7, 11) is 5.22. The molecule has 0 aliphatic carbocycles. The van der Waals surface area contributed by atoms with Crippen molar-refractivity contribution in [2.45, 2.75) is 76.1 Å². The van der Waals surface area contributed by atoms with Gasteiger partial charge >= 0.3 is 0 Å². The molecule has 3 aromatic carbocycles. The van der Waals surface area contributed by atoms with Crippen LogP contribution in [0.25, 0.3) is 11.1 Å². The van der Waals surface area contributed by atoms with Crippen LogP contribution in [0.4, 0.5) is 0 Å². The number of likely N-dealkylation sites (N-methyl/N-ethyl adjacent to an activating group) is 2. The van der Waals surface area contributed by atoms with Gasteiger partial charge in [0.15, 0.2) is 0 Å². The molecule has 0 spiro atoms. The number of aryl methyl sites for hydroxylation is 1. The van der Waals surface area contributed by atoms with Crippen LogP contribution < -0.4 is 5.32 Å². The van der Waals surface area contributed by atoms with Gasteiger partial charge in [-0.05, 0) is 81.3 Å². The standard InChI is InChI=1S/C40H52N4O4/c1-40(2,41-3)26-12-19-37(46)42(4)36(28-31-20-23-33(24-21-31)32-16-10-7-11-17-32)38(47)43(5)35(25-22-30-14-8-6-9-15-30)39(48)44-27-13-18-34(45)29-44/h6-12,14-17,19-21,23-24,34-36,41,45H,13,18,22,25-29H2,1-5H3/b19-12+/t34?,35-,36-/m1/s1. The Morgan fingerprint density at radius 2 is 1.52 bits per heavy atom. The van der Waals surface area contributed by atoms with Crippen LogP contribution in [-0.2, 0) is 27.2 Å². The van der Waals surface area contributed by atoms with Crippen LogP contribution in [0.15, 0.2) is 97.1 Å². The van der Waals surface area contributed by atoms with Crippen molar-refractivity contribution in [3.8, 4) is 11.1 Å². The molecule has 1 saturated heterocycles. The normalized spacial score (nSPS) is 16.4. The highest BCUT2D eigenvalue weighted by atomic mass is 16.3. The Hall–Kier alpha value is -4.27. The molecule has 3 aromatic rings. The number of rotatable bonds is 14. The fraction of sp³-hybridized carbons (Fsp3) is 0.425. The number of carbonyl (C=O) groups is 3. The van der Waals surface area contributed by atoms with Gasteiger partial charge in [0.2, 0.25) is 17.7 Å². The van der Waals surface area contributed by atoms with E-state index in [2.05, 4.69) is 31.3 Å². The Morgan fingerprint density at radius 3 is 2.15 bits per heavy atom. The maximum Gasteiger partial charge on any atom is 0.246 e. The van der Waals surface area contributed by atoms with E-state index < -0.39 is 18.2 Å². The van der Waals surface area contributed by atoms with Gasteiger partial charge < -0.3 is 25.1 Å². The van der Waals surface area contributed by atoms with E-state index >= 15 is 0 Å². The maximum atomic E-state index is 14.5. The van der Waals surface area contributed by atoms with Crippen molar-refractivity contribution in [2.24, 2.45) is 0 Å². The fourth-order valence-electron chi connectivity index (χ4n) is 6.09. The van der Waals surface area contributed by atoms with Gasteiger partial charge in [0.1, 0.15) is 12.1 Å². The number of hydrogen-bond donors (Lipinski definition) is 2. The summed E-state index contributed by atoms with van der Waals surface area (Å²) in [4.78, 5) is 46.9. The zero-order chi connectivity index (χ0) is 34.7. The number of piperidine rings is 1. The van der Waals surface area contributed by atoms with E-state index in [1.54, 1.807) is 19.0 Å². The Labute approximate surface area is 286 Å². The van der Waals surface area contributed by atoms with Gasteiger partial charge in [-0.25, -0.2) is 0 Å². The molecular formula is C40H52N4O4. The Bertz CT molecular complexity index is 1510. The third-order valence-corrected chi connectivity index (χ3v) is 9.51. The van der Waals surface area contributed by atoms with E-state index in [4.69, 9.17) is 0 Å². The summed E-state index contributed by atoms with van der Waals surface area (Å²) in [5.74, 6) is -0.749. The average molecular weight is 653 g/mol. The second-order valence-electron chi connectivity index (χ2n) is 13.5. The third-order valence-electron chi connectivity index (χ3n) is 9.51. The average Bonchev–Trinajstić information content (AvgIpc) is 3.10. The van der Waals surface area contributed by atoms with Crippen molar-refractivity contribution in [3.05, 3.63) is 108 Å². The zero-order valence-electron chi connectivity index (χ0n) is 29.1. The van der Waals surface area contributed by atoms with E-state index in [1.807, 2.05) is 85.9 Å². The molecule has 3 amide bonds. The molecule has 2 N–H and O–H groups in total. The monoisotopic (exact) mass is 652 g/mol. The minimum Gasteiger partial charge on any atom is -0.391 e. The highest BCUT2D eigenvalue weighted by Crippen LogP contribution is 2.23. The first kappa shape index (κ1) is 36.6. The molecule has 8 nitrogen and oxygen atoms in total. The number of carbonyl (C=O) groups excluding carboxylic acids is 3. The zero-order valence-corrected chi connectivity index (χ0v) is 29.1. The number of β-amino-alcohol motifs (C(OH)–C–C–N with tert-alkyl or cyclic N) is 1. The van der Waals surface area contributed by atoms with Crippen molar-refractivity contribution in [1.82, 2.24) is 20.0 Å². The van der Waals surface area contributed by atoms with Gasteiger partial charge in [0.25, 0.3) is 0 Å². The summed E-state index contributed by atoms with van der Waals surface area (Å²) in [5.41, 5.74) is 3.97. The smallest absolute Gasteiger partial charge is 0.246 e. The van der Waals surface area contributed by atoms with E-state index in [0.29, 0.717) is 45.1 Å². The van der Waals surface area contributed by atoms with Crippen molar-refractivity contribution in [2.75, 3.05) is 34.2 Å². The number of nitrogens with zero attached hydrogens (tertiary/aromatic N) is 3. The predicted molar refractivity (Wildman–Crippen MR) is 192 cm³/mol. The van der Waals surface area contributed by atoms with Crippen LogP contribution in [0.3, 0.4) is 0 Å². The van der Waals surface area contributed by atoms with Gasteiger partial charge in [0.05, 0.1) is 6.10 Å². The van der Waals surface area contributed by atoms with Crippen LogP contribution in [0.5, 0.6) is 0 Å². The summed E-state index contributed by atoms with van der Waals surface area (Å²) in [6.07, 6.45) is 6.12. The Balaban J connectivity index is 1.62. The van der Waals surface area contributed by atoms with Gasteiger partial charge in [0, 0.05) is 39.1 Å². The van der Waals surface area contributed by atoms with Crippen LogP contribution >= 0.6 is 0 Å². The number of benzene rings is 3. The number of nitrogens with one attached hydrogen (secondary N) is 1. The lowest BCUT2D eigenvalue weighted by Gasteiger charge is -2.38. The quantitative estimate of drug-likeness (QED) is 0.236. The number of likely N-dealkylation sites (tertiary alicyclic amines) is 1. The molecule has 1 aliphatic heterocycles. The largest absolute Gasteiger partial charge is 0.391 e. The molecule has 1 unspecified atom stereocenters. The highest BCUT2D eigenvalue weighted by Gasteiger charge is 2.37. The van der Waals surface area contributed by atoms with Crippen LogP contribution in [-0.4, -0.2) is 95.5 Å². The number of aliphatic hydroxyl groups is 1. The molecule has 4 rings (SSSR count). The SMILES string of the molecule is CNC(C)(C)C/C=C/C(=O)N(C)[C@H](Cc1ccc(-c2ccccc2)cc1)C(=O)N(C)[C@H](CCc1ccccc1)C(=O)N1CCCC(O)C1. The van der Waals surface area contributed by atoms with E-state index in [9.17, 15) is 19.5 Å². The first-order chi connectivity index (χ1) is 23.0. The minimum absolute atomic E-state index is 0.172. The maximum absolute atomic E-state index is 14.5. The summed E-state index contributed by atoms with van der Waals surface area (Å²) in [6, 6.07) is 26.5. The molecule has 1 heterocycles. The van der Waals surface area contributed by atoms with Crippen LogP contribution in [0, 0.1) is 0 Å². The summed E-state index contributed by atoms with van der Waals surface area (Å²) < 4.78 is 0. The third kappa shape index (κ3) is 10.1. The van der Waals surface area contributed by atoms with Gasteiger partial charge in [-0.1, -0.05) is 91.0 Å². The molecule has 3 atom stereocenters. The first-order valence-corrected chi connectivity index (χ1v) is 17.0. The molecule has 0 saturated carbocycles. The van der Waals surface area contributed by atoms with Gasteiger partial charge in [-0.3, -0.25) is 14.4 Å². The van der Waals surface area contributed by atoms with Gasteiger partial charge in [-0.2, -0.15) is 0 Å². The van der Waals surface area contributed by atoms with Crippen molar-refractivity contribution >= 4 is 17.7 Å². The topological polar surface area (TPSA) is 93.2 Å². The lowest BCUT2D eigenvalue weighted by Crippen LogP contribution is -2.57. The minimum atomic E-state index is -0.842. The molecule has 8 heteroatoms. The molecule has 0 radical (unpaired) electrons. The van der Waals surface area contributed by atoms with Crippen molar-refractivity contribution in [3.63, 3.8) is 0 Å². The molecule has 0 bridgehead atoms. The Morgan fingerprint density at radius 1 is 0.896 bits per heavy atom. The molecular weight excluding hydrogens is 600 g/mol. The second-order valence-corrected chi connectivity index (χ2v) is 13.5. The lowest BCUT2D eigenvalue weighted by atomic mass is 9.97. The lowest BCUT2D eigenvalue weighted by molar-refractivity contribution is -0.150. The van der Waals surface area contributed by atoms with Crippen LogP contribution in [0.2, 0.25) is 0 Å². The number of amides is 3. The van der Waals surface area contributed by atoms with E-state index in [-0.39, 0.29) is 29.8 Å². The predicted octanol–water partition coefficient (Wildman–Crippen LogP) is 5.11. The molecule has 48 heavy (non-hydrogen) atoms. The first-order valence-electron chi connectivity index (χ1n) is 17.0. The summed E-state index contributed by atoms with van der Waals surface area (Å²) in [6.45, 7) is 4.91. The number of hydrogen-bond acceptors (Lipinski definition) is 5. The number of aliphatic hydroxyl groups excluding tert-OH is 1. The summed E-state index contributed by atoms with van der Waals surface area (Å²) >= 11 is 0. The van der Waals surface area contributed by atoms with E-state index in [1.165, 1.54) is 15.9 Å². The van der Waals surface area contributed by atoms with Crippen molar-refractivity contribution < 1.29 is 19.5 Å². The Kier molecular flexibility index (Phi) is 13.1. The highest BCUT2D eigenvalue weighted by molar-refractivity contribution is 5.95. The fourth-order valence-corrected chi connectivity index (χ4v) is 6.09. The molecule has 1 fully saturated rings. The second kappa shape index (κ2) is 17.2. The molecule has 1 aliphatic rings. The van der Waals surface area contributed by atoms with E-state index in [0.717, 1.165) is 22.3 Å². The van der Waals surface area contributed by atoms with Crippen molar-refractivity contribution in [1.29, 1.82) is 0 Å². The summed E-state index contributed by atoms with van der Waals surface area (Å²) in [5, 5.41) is 13.6. The molecule has 256 valence electrons. The molecule has 0 aromatic heterocycles. The van der Waals surface area contributed by atoms with Gasteiger partial charge in [-0.15, -0.1) is 0 Å².